The van der Waals surface area contributed by atoms with Crippen molar-refractivity contribution in [3.63, 3.8) is 0 Å². The Morgan fingerprint density at radius 2 is 0.591 bits per heavy atom. The monoisotopic (exact) mass is 1870 g/mol. The van der Waals surface area contributed by atoms with Gasteiger partial charge in [-0.2, -0.15) is 15.0 Å². The van der Waals surface area contributed by atoms with Crippen LogP contribution in [-0.2, 0) is 80.8 Å². The number of hydrogen-bond donors (Lipinski definition) is 5. The Morgan fingerprint density at radius 1 is 0.354 bits per heavy atom. The lowest BCUT2D eigenvalue weighted by molar-refractivity contribution is -0.140. The first-order valence-corrected chi connectivity index (χ1v) is 46.9. The lowest BCUT2D eigenvalue weighted by atomic mass is 10.3. The molecule has 0 atom stereocenters. The van der Waals surface area contributed by atoms with Gasteiger partial charge in [0.1, 0.15) is 73.6 Å². The Morgan fingerprint density at radius 3 is 0.843 bits per heavy atom. The van der Waals surface area contributed by atoms with Gasteiger partial charge in [0, 0.05) is 100.0 Å². The van der Waals surface area contributed by atoms with Crippen LogP contribution in [0.5, 0.6) is 34.5 Å². The fourth-order valence-electron chi connectivity index (χ4n) is 9.23. The largest absolute Gasteiger partial charge is 0.490 e. The average Bonchev–Trinajstić information content (AvgIpc) is 0.825. The number of thioether (sulfide) groups is 4. The molecule has 127 heavy (non-hydrogen) atoms. The van der Waals surface area contributed by atoms with E-state index in [1.165, 1.54) is 90.4 Å². The number of esters is 3. The molecule has 0 saturated carbocycles. The second kappa shape index (κ2) is 56.2. The highest BCUT2D eigenvalue weighted by molar-refractivity contribution is 8.08. The summed E-state index contributed by atoms with van der Waals surface area (Å²) in [4.78, 5) is 118. The Bertz CT molecular complexity index is 5120. The molecule has 0 aromatic heterocycles. The summed E-state index contributed by atoms with van der Waals surface area (Å²) in [5.74, 6) is 2.57. The van der Waals surface area contributed by atoms with Crippen LogP contribution < -0.4 is 43.1 Å². The highest BCUT2D eigenvalue weighted by Gasteiger charge is 2.30. The van der Waals surface area contributed by atoms with E-state index in [9.17, 15) is 48.3 Å². The topological polar surface area (TPSA) is 378 Å². The highest BCUT2D eigenvalue weighted by Crippen LogP contribution is 2.52. The quantitative estimate of drug-likeness (QED) is 0.00347. The predicted octanol–water partition coefficient (Wildman–Crippen LogP) is 20.7. The lowest BCUT2D eigenvalue weighted by Gasteiger charge is -2.23. The minimum atomic E-state index is -3.77. The Balaban J connectivity index is 0.000000303. The molecule has 29 nitrogen and oxygen atoms in total. The Kier molecular flexibility index (Phi) is 44.8. The van der Waals surface area contributed by atoms with Crippen LogP contribution in [0.15, 0.2) is 338 Å². The van der Waals surface area contributed by atoms with Gasteiger partial charge in [0.25, 0.3) is 0 Å². The number of nitrogens with one attached hydrogen (secondary N) is 3. The maximum absolute atomic E-state index is 13.2. The van der Waals surface area contributed by atoms with Crippen molar-refractivity contribution in [2.24, 2.45) is 15.0 Å². The Labute approximate surface area is 760 Å². The molecule has 10 aromatic rings. The number of carbonyl (C=O) groups excluding carboxylic acids is 9. The van der Waals surface area contributed by atoms with Crippen LogP contribution in [0, 0.1) is 0 Å². The first-order chi connectivity index (χ1) is 61.3. The Hall–Kier alpha value is -12.8. The van der Waals surface area contributed by atoms with Crippen LogP contribution >= 0.6 is 60.5 Å². The third kappa shape index (κ3) is 41.3. The van der Waals surface area contributed by atoms with Crippen LogP contribution in [0.25, 0.3) is 0 Å². The third-order valence-electron chi connectivity index (χ3n) is 15.1. The number of aliphatic hydroxyl groups excluding tert-OH is 2. The van der Waals surface area contributed by atoms with E-state index >= 15 is 0 Å². The average molecular weight is 1870 g/mol. The third-order valence-corrected chi connectivity index (χ3v) is 23.7. The summed E-state index contributed by atoms with van der Waals surface area (Å²) < 4.78 is 66.5. The molecule has 0 bridgehead atoms. The van der Waals surface area contributed by atoms with Crippen molar-refractivity contribution < 1.29 is 109 Å². The van der Waals surface area contributed by atoms with Crippen LogP contribution in [0.4, 0.5) is 48.5 Å². The minimum Gasteiger partial charge on any atom is -0.460 e. The van der Waals surface area contributed by atoms with Crippen molar-refractivity contribution in [3.8, 4) is 34.5 Å². The van der Waals surface area contributed by atoms with E-state index in [4.69, 9.17) is 79.5 Å². The van der Waals surface area contributed by atoms with E-state index in [0.717, 1.165) is 21.3 Å². The normalized spacial score (nSPS) is 10.8. The zero-order valence-corrected chi connectivity index (χ0v) is 75.1. The summed E-state index contributed by atoms with van der Waals surface area (Å²) in [6.07, 6.45) is 1.46. The fourth-order valence-corrected chi connectivity index (χ4v) is 17.1. The van der Waals surface area contributed by atoms with E-state index in [2.05, 4.69) is 79.7 Å². The van der Waals surface area contributed by atoms with Crippen molar-refractivity contribution >= 4 is 173 Å². The molecule has 0 aliphatic carbocycles. The van der Waals surface area contributed by atoms with Crippen LogP contribution in [0.3, 0.4) is 0 Å². The second-order valence-corrected chi connectivity index (χ2v) is 35.3. The van der Waals surface area contributed by atoms with Gasteiger partial charge < -0.3 is 65.8 Å². The zero-order chi connectivity index (χ0) is 91.4. The summed E-state index contributed by atoms with van der Waals surface area (Å²) in [6.45, 7) is 6.93. The molecule has 10 aromatic carbocycles. The number of hydrogen-bond acceptors (Lipinski definition) is 32. The SMILES string of the molecule is C=C(C)C(=O)OCCO.C=C(C)C(=O)OCCOC(=O)Nc1ccc(OP(=S)(Oc2ccc(NC(=O)OCCOC(=O)C(=C)C)cc2)Oc2ccc(NC(=O)OC(CSc3ccccc3)CSc3ccccc3)cc2)cc1.O=C=Nc1ccc(OP(=S)(Oc2ccc(N=C=O)cc2)Oc2ccc(N=C=O)cc2)cc1.OC(CSc1ccccc1)CSc1ccccc1. The van der Waals surface area contributed by atoms with Crippen LogP contribution in [0.1, 0.15) is 20.8 Å². The number of benzene rings is 10. The van der Waals surface area contributed by atoms with Gasteiger partial charge in [-0.1, -0.05) is 92.5 Å². The van der Waals surface area contributed by atoms with Crippen molar-refractivity contribution in [2.45, 2.75) is 52.6 Å². The molecule has 3 amide bonds. The lowest BCUT2D eigenvalue weighted by Crippen LogP contribution is -2.26. The van der Waals surface area contributed by atoms with Gasteiger partial charge >= 0.3 is 49.6 Å². The highest BCUT2D eigenvalue weighted by atomic mass is 32.5. The number of aliphatic imine (C=N–C) groups is 3. The number of ether oxygens (including phenoxy) is 6. The van der Waals surface area contributed by atoms with Crippen molar-refractivity contribution in [1.29, 1.82) is 0 Å². The zero-order valence-electron chi connectivity index (χ0n) is 68.4. The van der Waals surface area contributed by atoms with E-state index < -0.39 is 55.7 Å². The molecule has 37 heteroatoms. The fraction of sp³-hybridized carbons (Fsp3) is 0.167. The smallest absolute Gasteiger partial charge is 0.460 e. The van der Waals surface area contributed by atoms with Crippen LogP contribution in [-0.4, -0.2) is 140 Å². The number of isocyanates is 3. The van der Waals surface area contributed by atoms with Crippen molar-refractivity contribution in [2.75, 3.05) is 78.6 Å². The van der Waals surface area contributed by atoms with Crippen molar-refractivity contribution in [1.82, 2.24) is 0 Å². The van der Waals surface area contributed by atoms with Crippen LogP contribution in [0.2, 0.25) is 0 Å². The van der Waals surface area contributed by atoms with Gasteiger partial charge in [0.15, 0.2) is 0 Å². The summed E-state index contributed by atoms with van der Waals surface area (Å²) in [6, 6.07) is 77.3. The second-order valence-electron chi connectivity index (χ2n) is 25.4. The molecular formula is C90H86N6O23P2S6. The number of anilines is 3. The molecule has 660 valence electrons. The van der Waals surface area contributed by atoms with Crippen molar-refractivity contribution in [3.05, 3.63) is 303 Å². The van der Waals surface area contributed by atoms with Gasteiger partial charge in [0.05, 0.1) is 29.8 Å². The molecule has 0 radical (unpaired) electrons. The molecule has 0 spiro atoms. The maximum Gasteiger partial charge on any atom is 0.490 e. The van der Waals surface area contributed by atoms with Gasteiger partial charge in [-0.3, -0.25) is 16.0 Å². The number of carbonyl (C=O) groups is 6. The molecule has 0 unspecified atom stereocenters. The van der Waals surface area contributed by atoms with E-state index in [-0.39, 0.29) is 74.1 Å². The maximum atomic E-state index is 13.2. The number of nitrogens with zero attached hydrogens (tertiary/aromatic N) is 3. The minimum absolute atomic E-state index is 0.0473. The molecule has 0 aliphatic rings. The summed E-state index contributed by atoms with van der Waals surface area (Å²) >= 11 is 18.1. The summed E-state index contributed by atoms with van der Waals surface area (Å²) in [5.41, 5.74) is 3.09. The first kappa shape index (κ1) is 101. The number of amides is 3. The molecular weight excluding hydrogens is 1790 g/mol. The molecule has 0 fully saturated rings. The van der Waals surface area contributed by atoms with E-state index in [1.807, 2.05) is 97.1 Å². The van der Waals surface area contributed by atoms with E-state index in [0.29, 0.717) is 68.5 Å². The van der Waals surface area contributed by atoms with Gasteiger partial charge in [-0.15, -0.1) is 47.0 Å². The predicted molar refractivity (Wildman–Crippen MR) is 497 cm³/mol. The van der Waals surface area contributed by atoms with Gasteiger partial charge in [0.2, 0.25) is 18.2 Å². The van der Waals surface area contributed by atoms with E-state index in [1.54, 1.807) is 151 Å². The molecule has 0 aliphatic heterocycles. The number of aliphatic hydroxyl groups is 2. The molecule has 0 saturated heterocycles. The van der Waals surface area contributed by atoms with Gasteiger partial charge in [-0.05, 0) is 215 Å². The molecule has 10 rings (SSSR count). The van der Waals surface area contributed by atoms with Gasteiger partial charge in [-0.25, -0.2) is 43.2 Å². The first-order valence-electron chi connectivity index (χ1n) is 37.8. The summed E-state index contributed by atoms with van der Waals surface area (Å²) in [7, 11) is 0. The molecule has 0 heterocycles. The summed E-state index contributed by atoms with van der Waals surface area (Å²) in [5, 5.41) is 26.0. The molecule has 5 N–H and O–H groups in total. The standard InChI is InChI=1S/C48H48N3O13PS3.C21H12N3O6PS.C15H16OS2.C6H10O3/c1-33(2)44(52)57-27-29-59-46(54)49-35-15-21-38(22-16-35)62-65(66,63-39-23-17-36(18-24-39)50-47(55)60-30-28-58-45(53)34(3)4)64-40-25-19-37(20-26-40)51-48(56)61-41(31-67-42-11-7-5-8-12-42)32-68-43-13-9-6-10-14-43;25-13-22-16-1-7-19(8-2-16)28-31(32,29-20-9-3-17(4-10-20)23-14-26)30-21-11-5-18(6-12-21)24-15-27;16-13(11-17-14-7-3-1-4-8-14)12-18-15-9-5-2-6-10-15;1-5(2)6(8)9-4-3-7/h5-26,41H,1,3,27-32H2,2,4H3,(H,49,54)(H,50,55)(H,51,56);1-12H;1-10,13,16H,11-12H2;7H,1,3-4H2,2H3. The number of rotatable bonds is 42.